The van der Waals surface area contributed by atoms with Gasteiger partial charge in [-0.15, -0.1) is 0 Å². The van der Waals surface area contributed by atoms with Crippen LogP contribution in [0.25, 0.3) is 10.9 Å². The lowest BCUT2D eigenvalue weighted by atomic mass is 10.1. The molecule has 3 aromatic rings. The minimum Gasteiger partial charge on any atom is -0.349 e. The van der Waals surface area contributed by atoms with E-state index in [1.807, 2.05) is 24.3 Å². The van der Waals surface area contributed by atoms with Gasteiger partial charge >= 0.3 is 0 Å². The molecule has 1 aliphatic rings. The van der Waals surface area contributed by atoms with Crippen molar-refractivity contribution < 1.29 is 18.8 Å². The number of hydrazine groups is 1. The molecular weight excluding hydrogens is 419 g/mol. The molecule has 0 radical (unpaired) electrons. The van der Waals surface area contributed by atoms with E-state index in [2.05, 4.69) is 21.2 Å². The van der Waals surface area contributed by atoms with E-state index < -0.39 is 17.6 Å². The molecule has 1 aromatic heterocycles. The van der Waals surface area contributed by atoms with Crippen LogP contribution in [0, 0.1) is 5.82 Å². The molecule has 0 bridgehead atoms. The van der Waals surface area contributed by atoms with E-state index in [0.29, 0.717) is 16.1 Å². The summed E-state index contributed by atoms with van der Waals surface area (Å²) >= 11 is 1.15. The maximum absolute atomic E-state index is 12.9. The first-order chi connectivity index (χ1) is 15.0. The van der Waals surface area contributed by atoms with Crippen LogP contribution in [0.15, 0.2) is 59.6 Å². The number of carbonyl (C=O) groups excluding carboxylic acids is 3. The smallest absolute Gasteiger partial charge is 0.269 e. The standard InChI is InChI=1S/C22H19FN4O3S/c23-14-7-5-13(6-8-14)21(29)27-26-19(28)12-31-20-11-17(22(30)24-15-9-10-15)16-3-1-2-4-18(16)25-20/h1-8,11,15H,9-10,12H2,(H,24,30)(H,26,28)(H,27,29). The predicted molar refractivity (Wildman–Crippen MR) is 115 cm³/mol. The summed E-state index contributed by atoms with van der Waals surface area (Å²) in [5, 5.41) is 4.26. The van der Waals surface area contributed by atoms with Crippen LogP contribution in [0.2, 0.25) is 0 Å². The van der Waals surface area contributed by atoms with Gasteiger partial charge in [-0.3, -0.25) is 25.2 Å². The fraction of sp³-hybridized carbons (Fsp3) is 0.182. The number of rotatable bonds is 6. The van der Waals surface area contributed by atoms with Crippen molar-refractivity contribution in [2.24, 2.45) is 0 Å². The van der Waals surface area contributed by atoms with Gasteiger partial charge in [-0.05, 0) is 49.2 Å². The maximum atomic E-state index is 12.9. The van der Waals surface area contributed by atoms with Gasteiger partial charge in [0, 0.05) is 17.0 Å². The molecule has 0 unspecified atom stereocenters. The van der Waals surface area contributed by atoms with Gasteiger partial charge in [-0.25, -0.2) is 9.37 Å². The first-order valence-electron chi connectivity index (χ1n) is 9.68. The molecule has 1 fully saturated rings. The SMILES string of the molecule is O=C(CSc1cc(C(=O)NC2CC2)c2ccccc2n1)NNC(=O)c1ccc(F)cc1. The second-order valence-corrected chi connectivity index (χ2v) is 8.07. The van der Waals surface area contributed by atoms with E-state index in [-0.39, 0.29) is 23.3 Å². The number of pyridine rings is 1. The Kier molecular flexibility index (Phi) is 6.13. The number of hydrogen-bond donors (Lipinski definition) is 3. The van der Waals surface area contributed by atoms with E-state index >= 15 is 0 Å². The number of amides is 3. The first kappa shape index (κ1) is 20.8. The van der Waals surface area contributed by atoms with Crippen LogP contribution in [0.5, 0.6) is 0 Å². The fourth-order valence-corrected chi connectivity index (χ4v) is 3.59. The van der Waals surface area contributed by atoms with Crippen LogP contribution in [-0.4, -0.2) is 34.5 Å². The number of aromatic nitrogens is 1. The van der Waals surface area contributed by atoms with Crippen molar-refractivity contribution >= 4 is 40.4 Å². The van der Waals surface area contributed by atoms with Crippen LogP contribution in [-0.2, 0) is 4.79 Å². The number of nitrogens with one attached hydrogen (secondary N) is 3. The van der Waals surface area contributed by atoms with Crippen molar-refractivity contribution in [1.29, 1.82) is 0 Å². The molecule has 3 N–H and O–H groups in total. The lowest BCUT2D eigenvalue weighted by Crippen LogP contribution is -2.42. The van der Waals surface area contributed by atoms with Crippen molar-refractivity contribution in [2.75, 3.05) is 5.75 Å². The number of hydrogen-bond acceptors (Lipinski definition) is 5. The molecule has 1 aliphatic carbocycles. The molecule has 158 valence electrons. The minimum atomic E-state index is -0.554. The fourth-order valence-electron chi connectivity index (χ4n) is 2.88. The van der Waals surface area contributed by atoms with Crippen molar-refractivity contribution in [3.63, 3.8) is 0 Å². The zero-order valence-corrected chi connectivity index (χ0v) is 17.2. The molecule has 0 aliphatic heterocycles. The van der Waals surface area contributed by atoms with Gasteiger partial charge in [0.25, 0.3) is 11.8 Å². The van der Waals surface area contributed by atoms with Crippen molar-refractivity contribution in [1.82, 2.24) is 21.2 Å². The number of benzene rings is 2. The Morgan fingerprint density at radius 3 is 2.48 bits per heavy atom. The molecule has 0 spiro atoms. The molecule has 0 saturated heterocycles. The van der Waals surface area contributed by atoms with E-state index in [1.54, 1.807) is 6.07 Å². The summed E-state index contributed by atoms with van der Waals surface area (Å²) in [5.74, 6) is -1.62. The lowest BCUT2D eigenvalue weighted by Gasteiger charge is -2.10. The summed E-state index contributed by atoms with van der Waals surface area (Å²) in [6.07, 6.45) is 1.97. The summed E-state index contributed by atoms with van der Waals surface area (Å²) in [6, 6.07) is 14.2. The van der Waals surface area contributed by atoms with Crippen molar-refractivity contribution in [3.05, 3.63) is 71.5 Å². The largest absolute Gasteiger partial charge is 0.349 e. The topological polar surface area (TPSA) is 100 Å². The number of fused-ring (bicyclic) bond motifs is 1. The number of carbonyl (C=O) groups is 3. The molecule has 1 heterocycles. The maximum Gasteiger partial charge on any atom is 0.269 e. The third kappa shape index (κ3) is 5.37. The van der Waals surface area contributed by atoms with E-state index in [1.165, 1.54) is 12.1 Å². The number of para-hydroxylation sites is 1. The predicted octanol–water partition coefficient (Wildman–Crippen LogP) is 2.82. The van der Waals surface area contributed by atoms with Crippen LogP contribution in [0.3, 0.4) is 0 Å². The Balaban J connectivity index is 1.38. The monoisotopic (exact) mass is 438 g/mol. The lowest BCUT2D eigenvalue weighted by molar-refractivity contribution is -0.119. The second kappa shape index (κ2) is 9.13. The van der Waals surface area contributed by atoms with Gasteiger partial charge in [0.05, 0.1) is 21.9 Å². The van der Waals surface area contributed by atoms with Crippen LogP contribution in [0.4, 0.5) is 4.39 Å². The molecule has 4 rings (SSSR count). The molecule has 3 amide bonds. The third-order valence-electron chi connectivity index (χ3n) is 4.62. The highest BCUT2D eigenvalue weighted by Crippen LogP contribution is 2.26. The molecule has 7 nitrogen and oxygen atoms in total. The molecule has 0 atom stereocenters. The average Bonchev–Trinajstić information content (AvgIpc) is 3.59. The Bertz CT molecular complexity index is 1150. The summed E-state index contributed by atoms with van der Waals surface area (Å²) in [7, 11) is 0. The molecule has 2 aromatic carbocycles. The summed E-state index contributed by atoms with van der Waals surface area (Å²) in [5.41, 5.74) is 6.00. The van der Waals surface area contributed by atoms with Gasteiger partial charge in [0.2, 0.25) is 5.91 Å². The van der Waals surface area contributed by atoms with Crippen molar-refractivity contribution in [2.45, 2.75) is 23.9 Å². The zero-order valence-electron chi connectivity index (χ0n) is 16.4. The summed E-state index contributed by atoms with van der Waals surface area (Å²) in [6.45, 7) is 0. The first-order valence-corrected chi connectivity index (χ1v) is 10.7. The Hall–Kier alpha value is -3.46. The summed E-state index contributed by atoms with van der Waals surface area (Å²) in [4.78, 5) is 41.3. The molecule has 1 saturated carbocycles. The summed E-state index contributed by atoms with van der Waals surface area (Å²) < 4.78 is 12.9. The highest BCUT2D eigenvalue weighted by atomic mass is 32.2. The van der Waals surface area contributed by atoms with E-state index in [9.17, 15) is 18.8 Å². The third-order valence-corrected chi connectivity index (χ3v) is 5.53. The Morgan fingerprint density at radius 2 is 1.74 bits per heavy atom. The van der Waals surface area contributed by atoms with Gasteiger partial charge in [-0.2, -0.15) is 0 Å². The second-order valence-electron chi connectivity index (χ2n) is 7.07. The van der Waals surface area contributed by atoms with Gasteiger partial charge in [0.1, 0.15) is 5.82 Å². The molecule has 31 heavy (non-hydrogen) atoms. The average molecular weight is 438 g/mol. The van der Waals surface area contributed by atoms with Crippen molar-refractivity contribution in [3.8, 4) is 0 Å². The Morgan fingerprint density at radius 1 is 1.00 bits per heavy atom. The normalized spacial score (nSPS) is 12.9. The number of halogens is 1. The van der Waals surface area contributed by atoms with Crippen LogP contribution >= 0.6 is 11.8 Å². The molecule has 9 heteroatoms. The van der Waals surface area contributed by atoms with Crippen LogP contribution < -0.4 is 16.2 Å². The zero-order chi connectivity index (χ0) is 21.8. The number of nitrogens with zero attached hydrogens (tertiary/aromatic N) is 1. The van der Waals surface area contributed by atoms with E-state index in [0.717, 1.165) is 42.1 Å². The van der Waals surface area contributed by atoms with Gasteiger partial charge in [0.15, 0.2) is 0 Å². The minimum absolute atomic E-state index is 0.0152. The van der Waals surface area contributed by atoms with Crippen LogP contribution in [0.1, 0.15) is 33.6 Å². The Labute approximate surface area is 181 Å². The highest BCUT2D eigenvalue weighted by Gasteiger charge is 2.25. The molecular formula is C22H19FN4O3S. The quantitative estimate of drug-likeness (QED) is 0.406. The van der Waals surface area contributed by atoms with Gasteiger partial charge < -0.3 is 5.32 Å². The van der Waals surface area contributed by atoms with Gasteiger partial charge in [-0.1, -0.05) is 30.0 Å². The number of thioether (sulfide) groups is 1. The van der Waals surface area contributed by atoms with E-state index in [4.69, 9.17) is 0 Å². The highest BCUT2D eigenvalue weighted by molar-refractivity contribution is 7.99.